The zero-order valence-electron chi connectivity index (χ0n) is 11.7. The fourth-order valence-corrected chi connectivity index (χ4v) is 4.33. The second kappa shape index (κ2) is 4.50. The van der Waals surface area contributed by atoms with Crippen molar-refractivity contribution in [1.82, 2.24) is 4.90 Å². The molecule has 1 saturated heterocycles. The minimum atomic E-state index is 0.257. The van der Waals surface area contributed by atoms with Gasteiger partial charge in [-0.2, -0.15) is 0 Å². The highest BCUT2D eigenvalue weighted by molar-refractivity contribution is 7.11. The summed E-state index contributed by atoms with van der Waals surface area (Å²) in [6.07, 6.45) is 6.67. The van der Waals surface area contributed by atoms with Crippen LogP contribution < -0.4 is 0 Å². The van der Waals surface area contributed by atoms with Crippen LogP contribution in [0.1, 0.15) is 50.5 Å². The lowest BCUT2D eigenvalue weighted by atomic mass is 9.83. The third-order valence-electron chi connectivity index (χ3n) is 4.20. The smallest absolute Gasteiger partial charge is 0.0350 e. The normalized spacial score (nSPS) is 25.1. The standard InChI is InChI=1S/C16H23NS/c1-16(2,3)14-10-13-6-4-5-8-17(13)11-12-7-9-18-15(12)14/h7,9-10,13H,4-6,8,11H2,1-3H3. The van der Waals surface area contributed by atoms with Crippen molar-refractivity contribution in [2.24, 2.45) is 5.41 Å². The van der Waals surface area contributed by atoms with Crippen molar-refractivity contribution < 1.29 is 0 Å². The average molecular weight is 261 g/mol. The van der Waals surface area contributed by atoms with E-state index in [9.17, 15) is 0 Å². The molecule has 0 saturated carbocycles. The summed E-state index contributed by atoms with van der Waals surface area (Å²) < 4.78 is 0. The molecule has 0 spiro atoms. The molecule has 1 aromatic heterocycles. The lowest BCUT2D eigenvalue weighted by Gasteiger charge is -2.33. The van der Waals surface area contributed by atoms with Crippen LogP contribution in [0.2, 0.25) is 0 Å². The van der Waals surface area contributed by atoms with Gasteiger partial charge in [0.2, 0.25) is 0 Å². The van der Waals surface area contributed by atoms with Crippen LogP contribution in [0.3, 0.4) is 0 Å². The molecule has 0 aliphatic carbocycles. The van der Waals surface area contributed by atoms with Crippen molar-refractivity contribution >= 4 is 16.9 Å². The van der Waals surface area contributed by atoms with Gasteiger partial charge in [-0.3, -0.25) is 4.90 Å². The number of hydrogen-bond donors (Lipinski definition) is 0. The maximum absolute atomic E-state index is 2.67. The minimum absolute atomic E-state index is 0.257. The van der Waals surface area contributed by atoms with Gasteiger partial charge in [-0.05, 0) is 47.4 Å². The first kappa shape index (κ1) is 12.4. The van der Waals surface area contributed by atoms with E-state index in [2.05, 4.69) is 43.2 Å². The summed E-state index contributed by atoms with van der Waals surface area (Å²) in [5.41, 5.74) is 3.38. The van der Waals surface area contributed by atoms with Crippen molar-refractivity contribution in [3.8, 4) is 0 Å². The Morgan fingerprint density at radius 3 is 2.89 bits per heavy atom. The van der Waals surface area contributed by atoms with Crippen molar-refractivity contribution in [2.45, 2.75) is 52.6 Å². The third-order valence-corrected chi connectivity index (χ3v) is 5.19. The maximum atomic E-state index is 2.67. The first-order chi connectivity index (χ1) is 8.55. The Balaban J connectivity index is 2.07. The van der Waals surface area contributed by atoms with Crippen molar-refractivity contribution in [3.05, 3.63) is 28.0 Å². The number of piperidine rings is 1. The third kappa shape index (κ3) is 2.17. The Morgan fingerprint density at radius 1 is 1.28 bits per heavy atom. The predicted octanol–water partition coefficient (Wildman–Crippen LogP) is 4.55. The molecule has 0 bridgehead atoms. The van der Waals surface area contributed by atoms with Gasteiger partial charge in [0.05, 0.1) is 0 Å². The van der Waals surface area contributed by atoms with E-state index in [-0.39, 0.29) is 5.41 Å². The molecule has 18 heavy (non-hydrogen) atoms. The van der Waals surface area contributed by atoms with E-state index >= 15 is 0 Å². The van der Waals surface area contributed by atoms with E-state index < -0.39 is 0 Å². The number of thiophene rings is 1. The largest absolute Gasteiger partial charge is 0.293 e. The summed E-state index contributed by atoms with van der Waals surface area (Å²) in [4.78, 5) is 4.21. The molecule has 1 atom stereocenters. The van der Waals surface area contributed by atoms with Gasteiger partial charge in [0.15, 0.2) is 0 Å². The number of fused-ring (bicyclic) bond motifs is 2. The van der Waals surface area contributed by atoms with Gasteiger partial charge < -0.3 is 0 Å². The molecule has 2 aliphatic rings. The van der Waals surface area contributed by atoms with E-state index in [1.54, 1.807) is 11.1 Å². The topological polar surface area (TPSA) is 3.24 Å². The summed E-state index contributed by atoms with van der Waals surface area (Å²) >= 11 is 1.92. The van der Waals surface area contributed by atoms with Crippen LogP contribution in [0, 0.1) is 5.41 Å². The molecule has 98 valence electrons. The quantitative estimate of drug-likeness (QED) is 0.662. The van der Waals surface area contributed by atoms with Crippen LogP contribution in [-0.4, -0.2) is 17.5 Å². The highest BCUT2D eigenvalue weighted by Crippen LogP contribution is 2.42. The van der Waals surface area contributed by atoms with Gasteiger partial charge in [0, 0.05) is 17.5 Å². The predicted molar refractivity (Wildman–Crippen MR) is 79.8 cm³/mol. The van der Waals surface area contributed by atoms with E-state index in [0.29, 0.717) is 6.04 Å². The van der Waals surface area contributed by atoms with Gasteiger partial charge in [-0.15, -0.1) is 11.3 Å². The van der Waals surface area contributed by atoms with Crippen molar-refractivity contribution in [2.75, 3.05) is 6.54 Å². The fraction of sp³-hybridized carbons (Fsp3) is 0.625. The molecule has 0 aromatic carbocycles. The molecule has 1 fully saturated rings. The monoisotopic (exact) mass is 261 g/mol. The molecule has 1 unspecified atom stereocenters. The summed E-state index contributed by atoms with van der Waals surface area (Å²) in [6.45, 7) is 9.47. The first-order valence-corrected chi connectivity index (χ1v) is 7.97. The Bertz CT molecular complexity index is 464. The minimum Gasteiger partial charge on any atom is -0.293 e. The molecular weight excluding hydrogens is 238 g/mol. The Hall–Kier alpha value is -0.600. The second-order valence-corrected chi connectivity index (χ2v) is 7.56. The molecule has 0 radical (unpaired) electrons. The molecule has 2 aliphatic heterocycles. The van der Waals surface area contributed by atoms with Crippen molar-refractivity contribution in [3.63, 3.8) is 0 Å². The second-order valence-electron chi connectivity index (χ2n) is 6.64. The molecule has 3 heterocycles. The molecule has 0 N–H and O–H groups in total. The molecule has 1 aromatic rings. The van der Waals surface area contributed by atoms with Gasteiger partial charge >= 0.3 is 0 Å². The first-order valence-electron chi connectivity index (χ1n) is 7.09. The Labute approximate surface area is 115 Å². The summed E-state index contributed by atoms with van der Waals surface area (Å²) in [5.74, 6) is 0. The zero-order valence-corrected chi connectivity index (χ0v) is 12.5. The lowest BCUT2D eigenvalue weighted by Crippen LogP contribution is -2.37. The van der Waals surface area contributed by atoms with E-state index in [4.69, 9.17) is 0 Å². The maximum Gasteiger partial charge on any atom is 0.0350 e. The van der Waals surface area contributed by atoms with Crippen LogP contribution in [0.5, 0.6) is 0 Å². The van der Waals surface area contributed by atoms with Gasteiger partial charge in [0.25, 0.3) is 0 Å². The summed E-state index contributed by atoms with van der Waals surface area (Å²) in [5, 5.41) is 2.26. The Kier molecular flexibility index (Phi) is 3.11. The van der Waals surface area contributed by atoms with Crippen LogP contribution in [0.4, 0.5) is 0 Å². The number of allylic oxidation sites excluding steroid dienone is 1. The van der Waals surface area contributed by atoms with Gasteiger partial charge in [-0.1, -0.05) is 33.3 Å². The van der Waals surface area contributed by atoms with E-state index in [1.807, 2.05) is 11.3 Å². The van der Waals surface area contributed by atoms with Crippen LogP contribution in [-0.2, 0) is 6.54 Å². The van der Waals surface area contributed by atoms with Gasteiger partial charge in [0.1, 0.15) is 0 Å². The van der Waals surface area contributed by atoms with Gasteiger partial charge in [-0.25, -0.2) is 0 Å². The number of hydrogen-bond acceptors (Lipinski definition) is 2. The fourth-order valence-electron chi connectivity index (χ4n) is 3.18. The van der Waals surface area contributed by atoms with Crippen LogP contribution >= 0.6 is 11.3 Å². The molecule has 3 rings (SSSR count). The molecule has 1 nitrogen and oxygen atoms in total. The van der Waals surface area contributed by atoms with Crippen molar-refractivity contribution in [1.29, 1.82) is 0 Å². The highest BCUT2D eigenvalue weighted by atomic mass is 32.1. The number of rotatable bonds is 0. The van der Waals surface area contributed by atoms with Crippen LogP contribution in [0.15, 0.2) is 17.5 Å². The lowest BCUT2D eigenvalue weighted by molar-refractivity contribution is 0.173. The van der Waals surface area contributed by atoms with Crippen LogP contribution in [0.25, 0.3) is 5.57 Å². The number of nitrogens with zero attached hydrogens (tertiary/aromatic N) is 1. The van der Waals surface area contributed by atoms with E-state index in [0.717, 1.165) is 6.54 Å². The molecular formula is C16H23NS. The summed E-state index contributed by atoms with van der Waals surface area (Å²) in [7, 11) is 0. The molecule has 2 heteroatoms. The molecule has 0 amide bonds. The highest BCUT2D eigenvalue weighted by Gasteiger charge is 2.30. The van der Waals surface area contributed by atoms with E-state index in [1.165, 1.54) is 30.7 Å². The average Bonchev–Trinajstić information content (AvgIpc) is 2.68. The SMILES string of the molecule is CC(C)(C)C1=CC2CCCCN2Cc2ccsc21. The Morgan fingerprint density at radius 2 is 2.11 bits per heavy atom. The summed E-state index contributed by atoms with van der Waals surface area (Å²) in [6, 6.07) is 3.00. The zero-order chi connectivity index (χ0) is 12.8.